The van der Waals surface area contributed by atoms with Gasteiger partial charge in [-0.25, -0.2) is 9.98 Å². The molecule has 0 aliphatic rings. The van der Waals surface area contributed by atoms with E-state index in [1.807, 2.05) is 54.8 Å². The molecule has 198 valence electrons. The molecule has 6 nitrogen and oxygen atoms in total. The Labute approximate surface area is 232 Å². The van der Waals surface area contributed by atoms with Gasteiger partial charge in [0.05, 0.1) is 11.4 Å². The van der Waals surface area contributed by atoms with Crippen LogP contribution in [0.15, 0.2) is 87.6 Å². The number of thiazole rings is 1. The lowest BCUT2D eigenvalue weighted by Crippen LogP contribution is -2.22. The van der Waals surface area contributed by atoms with Crippen LogP contribution in [0.5, 0.6) is 0 Å². The smallest absolute Gasteiger partial charge is 0.262 e. The molecule has 0 bridgehead atoms. The first kappa shape index (κ1) is 26.4. The Hall–Kier alpha value is -4.23. The number of carbonyl (C=O) groups excluding carboxylic acids is 1. The number of carbonyl (C=O) groups is 1. The Balaban J connectivity index is 1.52. The maximum Gasteiger partial charge on any atom is 0.262 e. The zero-order chi connectivity index (χ0) is 27.4. The first-order chi connectivity index (χ1) is 19.0. The van der Waals surface area contributed by atoms with Crippen LogP contribution in [0.1, 0.15) is 42.3 Å². The number of anilines is 2. The van der Waals surface area contributed by atoms with Crippen molar-refractivity contribution in [1.29, 1.82) is 0 Å². The third-order valence-corrected chi connectivity index (χ3v) is 7.51. The molecule has 7 heteroatoms. The molecule has 0 aliphatic heterocycles. The molecule has 0 aliphatic carbocycles. The molecule has 5 aromatic rings. The first-order valence-electron chi connectivity index (χ1n) is 13.3. The first-order valence-corrected chi connectivity index (χ1v) is 14.2. The largest absolute Gasteiger partial charge is 0.437 e. The molecule has 0 saturated heterocycles. The van der Waals surface area contributed by atoms with Gasteiger partial charge in [0.25, 0.3) is 5.91 Å². The van der Waals surface area contributed by atoms with Crippen molar-refractivity contribution in [2.75, 3.05) is 23.3 Å². The number of benzene rings is 3. The number of hydrogen-bond donors (Lipinski definition) is 1. The third-order valence-electron chi connectivity index (χ3n) is 6.75. The number of hydrogen-bond acceptors (Lipinski definition) is 6. The molecule has 0 unspecified atom stereocenters. The van der Waals surface area contributed by atoms with Crippen molar-refractivity contribution in [2.24, 2.45) is 4.99 Å². The minimum absolute atomic E-state index is 0.257. The zero-order valence-corrected chi connectivity index (χ0v) is 23.5. The lowest BCUT2D eigenvalue weighted by atomic mass is 10.1. The fourth-order valence-corrected chi connectivity index (χ4v) is 5.13. The second-order valence-corrected chi connectivity index (χ2v) is 10.2. The number of nitrogens with one attached hydrogen (secondary N) is 1. The second kappa shape index (κ2) is 11.7. The fourth-order valence-electron chi connectivity index (χ4n) is 4.41. The van der Waals surface area contributed by atoms with Crippen LogP contribution in [0, 0.1) is 6.92 Å². The number of fused-ring (bicyclic) bond motifs is 1. The van der Waals surface area contributed by atoms with Crippen molar-refractivity contribution < 1.29 is 9.21 Å². The molecule has 5 rings (SSSR count). The topological polar surface area (TPSA) is 70.7 Å². The molecule has 39 heavy (non-hydrogen) atoms. The van der Waals surface area contributed by atoms with E-state index in [9.17, 15) is 4.79 Å². The van der Waals surface area contributed by atoms with E-state index in [2.05, 4.69) is 66.3 Å². The van der Waals surface area contributed by atoms with Crippen LogP contribution in [0.3, 0.4) is 0 Å². The summed E-state index contributed by atoms with van der Waals surface area (Å²) in [6, 6.07) is 24.0. The Bertz CT molecular complexity index is 1660. The van der Waals surface area contributed by atoms with Crippen LogP contribution in [-0.4, -0.2) is 24.0 Å². The monoisotopic (exact) mass is 536 g/mol. The van der Waals surface area contributed by atoms with Gasteiger partial charge in [0.2, 0.25) is 5.55 Å². The maximum atomic E-state index is 13.5. The molecule has 0 atom stereocenters. The van der Waals surface area contributed by atoms with Gasteiger partial charge >= 0.3 is 0 Å². The Morgan fingerprint density at radius 1 is 0.974 bits per heavy atom. The highest BCUT2D eigenvalue weighted by molar-refractivity contribution is 7.14. The third kappa shape index (κ3) is 5.94. The van der Waals surface area contributed by atoms with Crippen LogP contribution in [0.2, 0.25) is 0 Å². The molecule has 0 saturated carbocycles. The van der Waals surface area contributed by atoms with Crippen molar-refractivity contribution in [3.63, 3.8) is 0 Å². The molecule has 0 spiro atoms. The van der Waals surface area contributed by atoms with Crippen molar-refractivity contribution >= 4 is 44.7 Å². The lowest BCUT2D eigenvalue weighted by molar-refractivity contribution is 0.102. The summed E-state index contributed by atoms with van der Waals surface area (Å²) < 4.78 is 6.29. The van der Waals surface area contributed by atoms with E-state index in [4.69, 9.17) is 9.41 Å². The summed E-state index contributed by atoms with van der Waals surface area (Å²) in [5.74, 6) is -0.318. The molecule has 0 fully saturated rings. The average Bonchev–Trinajstić information content (AvgIpc) is 3.43. The predicted octanol–water partition coefficient (Wildman–Crippen LogP) is 7.76. The summed E-state index contributed by atoms with van der Waals surface area (Å²) in [5, 5.41) is 6.26. The van der Waals surface area contributed by atoms with Gasteiger partial charge in [0.15, 0.2) is 5.13 Å². The van der Waals surface area contributed by atoms with Crippen LogP contribution in [-0.2, 0) is 6.42 Å². The van der Waals surface area contributed by atoms with Crippen LogP contribution >= 0.6 is 11.3 Å². The van der Waals surface area contributed by atoms with Crippen molar-refractivity contribution in [2.45, 2.75) is 34.1 Å². The standard InChI is InChI=1S/C32H32N4O2S/c1-5-22-10-12-23(13-11-22)28-20-39-32(34-28)35-30(37)27-18-24-14-17-26(36(6-2)7-3)19-29(24)38-31(27)33-25-15-8-21(4)9-16-25/h8-20H,5-7H2,1-4H3,(H,34,35,37). The number of rotatable bonds is 8. The minimum atomic E-state index is -0.318. The molecule has 2 aromatic heterocycles. The van der Waals surface area contributed by atoms with Gasteiger partial charge in [0, 0.05) is 41.2 Å². The van der Waals surface area contributed by atoms with E-state index < -0.39 is 0 Å². The van der Waals surface area contributed by atoms with Gasteiger partial charge in [-0.1, -0.05) is 48.9 Å². The molecule has 0 radical (unpaired) electrons. The van der Waals surface area contributed by atoms with Crippen molar-refractivity contribution in [1.82, 2.24) is 4.98 Å². The summed E-state index contributed by atoms with van der Waals surface area (Å²) in [7, 11) is 0. The molecular weight excluding hydrogens is 504 g/mol. The highest BCUT2D eigenvalue weighted by Gasteiger charge is 2.16. The Kier molecular flexibility index (Phi) is 7.89. The quantitative estimate of drug-likeness (QED) is 0.220. The molecular formula is C32H32N4O2S. The number of amides is 1. The summed E-state index contributed by atoms with van der Waals surface area (Å²) in [4.78, 5) is 25.2. The van der Waals surface area contributed by atoms with Gasteiger partial charge in [-0.2, -0.15) is 0 Å². The zero-order valence-electron chi connectivity index (χ0n) is 22.7. The Morgan fingerprint density at radius 3 is 2.41 bits per heavy atom. The maximum absolute atomic E-state index is 13.5. The summed E-state index contributed by atoms with van der Waals surface area (Å²) in [5.41, 5.74) is 7.32. The van der Waals surface area contributed by atoms with Crippen LogP contribution < -0.4 is 15.8 Å². The average molecular weight is 537 g/mol. The van der Waals surface area contributed by atoms with E-state index in [0.29, 0.717) is 22.0 Å². The lowest BCUT2D eigenvalue weighted by Gasteiger charge is -2.21. The SMILES string of the molecule is CCc1ccc(-c2csc(NC(=O)c3cc4ccc(N(CC)CC)cc4oc3=Nc3ccc(C)cc3)n2)cc1. The van der Waals surface area contributed by atoms with Gasteiger partial charge in [-0.15, -0.1) is 11.3 Å². The summed E-state index contributed by atoms with van der Waals surface area (Å²) in [6.45, 7) is 10.2. The van der Waals surface area contributed by atoms with E-state index >= 15 is 0 Å². The van der Waals surface area contributed by atoms with Crippen LogP contribution in [0.25, 0.3) is 22.2 Å². The Morgan fingerprint density at radius 2 is 1.72 bits per heavy atom. The second-order valence-electron chi connectivity index (χ2n) is 9.35. The van der Waals surface area contributed by atoms with E-state index in [0.717, 1.165) is 47.4 Å². The molecule has 2 heterocycles. The fraction of sp³-hybridized carbons (Fsp3) is 0.219. The number of aromatic nitrogens is 1. The van der Waals surface area contributed by atoms with Crippen LogP contribution in [0.4, 0.5) is 16.5 Å². The van der Waals surface area contributed by atoms with E-state index in [1.165, 1.54) is 16.9 Å². The van der Waals surface area contributed by atoms with Gasteiger partial charge in [0.1, 0.15) is 11.1 Å². The van der Waals surface area contributed by atoms with Crippen molar-refractivity contribution in [3.8, 4) is 11.3 Å². The highest BCUT2D eigenvalue weighted by atomic mass is 32.1. The molecule has 3 aromatic carbocycles. The minimum Gasteiger partial charge on any atom is -0.437 e. The number of aryl methyl sites for hydroxylation is 2. The summed E-state index contributed by atoms with van der Waals surface area (Å²) >= 11 is 1.39. The molecule has 1 amide bonds. The number of nitrogens with zero attached hydrogens (tertiary/aromatic N) is 3. The normalized spacial score (nSPS) is 11.6. The van der Waals surface area contributed by atoms with Crippen molar-refractivity contribution in [3.05, 3.63) is 100 Å². The van der Waals surface area contributed by atoms with E-state index in [-0.39, 0.29) is 11.5 Å². The van der Waals surface area contributed by atoms with Gasteiger partial charge in [-0.3, -0.25) is 10.1 Å². The van der Waals surface area contributed by atoms with Gasteiger partial charge < -0.3 is 9.32 Å². The predicted molar refractivity (Wildman–Crippen MR) is 161 cm³/mol. The summed E-state index contributed by atoms with van der Waals surface area (Å²) in [6.07, 6.45) is 0.988. The van der Waals surface area contributed by atoms with E-state index in [1.54, 1.807) is 0 Å². The molecule has 1 N–H and O–H groups in total. The highest BCUT2D eigenvalue weighted by Crippen LogP contribution is 2.27. The van der Waals surface area contributed by atoms with Gasteiger partial charge in [-0.05, 0) is 63.1 Å².